The summed E-state index contributed by atoms with van der Waals surface area (Å²) in [6.45, 7) is 1.81. The highest BCUT2D eigenvalue weighted by atomic mass is 16.5. The van der Waals surface area contributed by atoms with E-state index >= 15 is 0 Å². The fourth-order valence-corrected chi connectivity index (χ4v) is 3.25. The molecular formula is C14H19NO. The Morgan fingerprint density at radius 2 is 1.69 bits per heavy atom. The van der Waals surface area contributed by atoms with Crippen LogP contribution in [0.15, 0.2) is 24.3 Å². The fourth-order valence-electron chi connectivity index (χ4n) is 3.25. The minimum Gasteiger partial charge on any atom is -0.399 e. The van der Waals surface area contributed by atoms with Crippen LogP contribution in [0.4, 0.5) is 5.69 Å². The Morgan fingerprint density at radius 3 is 2.19 bits per heavy atom. The monoisotopic (exact) mass is 217 g/mol. The van der Waals surface area contributed by atoms with E-state index in [1.54, 1.807) is 0 Å². The average molecular weight is 217 g/mol. The number of ether oxygens (including phenoxy) is 1. The van der Waals surface area contributed by atoms with Crippen molar-refractivity contribution < 1.29 is 4.74 Å². The molecule has 3 rings (SSSR count). The Hall–Kier alpha value is -1.02. The molecule has 0 bridgehead atoms. The van der Waals surface area contributed by atoms with Gasteiger partial charge in [0.1, 0.15) is 0 Å². The molecule has 1 heterocycles. The van der Waals surface area contributed by atoms with Crippen molar-refractivity contribution in [3.8, 4) is 0 Å². The van der Waals surface area contributed by atoms with Crippen molar-refractivity contribution in [1.82, 2.24) is 0 Å². The Bertz CT molecular complexity index is 361. The van der Waals surface area contributed by atoms with Gasteiger partial charge in [-0.2, -0.15) is 0 Å². The van der Waals surface area contributed by atoms with Gasteiger partial charge in [-0.15, -0.1) is 0 Å². The van der Waals surface area contributed by atoms with E-state index < -0.39 is 0 Å². The van der Waals surface area contributed by atoms with Crippen LogP contribution < -0.4 is 5.73 Å². The third-order valence-corrected chi connectivity index (χ3v) is 4.34. The van der Waals surface area contributed by atoms with Gasteiger partial charge in [0.2, 0.25) is 0 Å². The zero-order chi connectivity index (χ0) is 11.0. The molecule has 2 fully saturated rings. The molecule has 0 radical (unpaired) electrons. The number of rotatable bonds is 2. The van der Waals surface area contributed by atoms with Gasteiger partial charge >= 0.3 is 0 Å². The summed E-state index contributed by atoms with van der Waals surface area (Å²) in [5, 5.41) is 0. The fraction of sp³-hybridized carbons (Fsp3) is 0.571. The standard InChI is InChI=1S/C14H19NO/c15-13-7-5-12(6-8-13)14(9-16-10-14)11-3-1-2-4-11/h5-8,11H,1-4,9-10,15H2. The number of hydrogen-bond donors (Lipinski definition) is 1. The molecule has 1 aromatic carbocycles. The predicted octanol–water partition coefficient (Wildman–Crippen LogP) is 2.73. The van der Waals surface area contributed by atoms with Crippen LogP contribution in [0.25, 0.3) is 0 Å². The topological polar surface area (TPSA) is 35.2 Å². The Balaban J connectivity index is 1.91. The van der Waals surface area contributed by atoms with E-state index in [4.69, 9.17) is 10.5 Å². The van der Waals surface area contributed by atoms with Crippen molar-refractivity contribution in [2.24, 2.45) is 5.92 Å². The first kappa shape index (κ1) is 10.2. The molecule has 86 valence electrons. The lowest BCUT2D eigenvalue weighted by molar-refractivity contribution is -0.0896. The summed E-state index contributed by atoms with van der Waals surface area (Å²) in [7, 11) is 0. The first-order valence-corrected chi connectivity index (χ1v) is 6.25. The molecule has 0 atom stereocenters. The van der Waals surface area contributed by atoms with E-state index in [1.807, 2.05) is 12.1 Å². The summed E-state index contributed by atoms with van der Waals surface area (Å²) < 4.78 is 5.50. The van der Waals surface area contributed by atoms with E-state index in [0.717, 1.165) is 24.8 Å². The number of anilines is 1. The maximum atomic E-state index is 5.75. The van der Waals surface area contributed by atoms with Crippen LogP contribution in [0.5, 0.6) is 0 Å². The van der Waals surface area contributed by atoms with Crippen LogP contribution in [0.1, 0.15) is 31.2 Å². The molecule has 2 aliphatic rings. The highest BCUT2D eigenvalue weighted by Gasteiger charge is 2.47. The number of benzene rings is 1. The number of hydrogen-bond acceptors (Lipinski definition) is 2. The van der Waals surface area contributed by atoms with Crippen molar-refractivity contribution in [2.75, 3.05) is 18.9 Å². The van der Waals surface area contributed by atoms with Crippen molar-refractivity contribution in [3.05, 3.63) is 29.8 Å². The van der Waals surface area contributed by atoms with Crippen LogP contribution >= 0.6 is 0 Å². The largest absolute Gasteiger partial charge is 0.399 e. The smallest absolute Gasteiger partial charge is 0.0588 e. The van der Waals surface area contributed by atoms with Gasteiger partial charge in [0.25, 0.3) is 0 Å². The SMILES string of the molecule is Nc1ccc(C2(C3CCCC3)COC2)cc1. The zero-order valence-corrected chi connectivity index (χ0v) is 9.61. The lowest BCUT2D eigenvalue weighted by Gasteiger charge is -2.46. The molecule has 1 aromatic rings. The minimum atomic E-state index is 0.310. The van der Waals surface area contributed by atoms with Crippen molar-refractivity contribution >= 4 is 5.69 Å². The Labute approximate surface area is 96.8 Å². The summed E-state index contributed by atoms with van der Waals surface area (Å²) in [4.78, 5) is 0. The van der Waals surface area contributed by atoms with E-state index in [1.165, 1.54) is 31.2 Å². The summed E-state index contributed by atoms with van der Waals surface area (Å²) in [5.41, 5.74) is 8.34. The highest BCUT2D eigenvalue weighted by Crippen LogP contribution is 2.46. The predicted molar refractivity (Wildman–Crippen MR) is 65.3 cm³/mol. The number of nitrogen functional groups attached to an aromatic ring is 1. The van der Waals surface area contributed by atoms with Crippen molar-refractivity contribution in [1.29, 1.82) is 0 Å². The second-order valence-electron chi connectivity index (χ2n) is 5.25. The molecule has 1 saturated carbocycles. The zero-order valence-electron chi connectivity index (χ0n) is 9.61. The minimum absolute atomic E-state index is 0.310. The van der Waals surface area contributed by atoms with Crippen molar-refractivity contribution in [3.63, 3.8) is 0 Å². The van der Waals surface area contributed by atoms with Gasteiger partial charge in [0, 0.05) is 11.1 Å². The maximum absolute atomic E-state index is 5.75. The molecule has 2 N–H and O–H groups in total. The molecule has 0 unspecified atom stereocenters. The molecule has 0 spiro atoms. The second-order valence-corrected chi connectivity index (χ2v) is 5.25. The van der Waals surface area contributed by atoms with E-state index in [2.05, 4.69) is 12.1 Å². The summed E-state index contributed by atoms with van der Waals surface area (Å²) in [6.07, 6.45) is 5.52. The summed E-state index contributed by atoms with van der Waals surface area (Å²) in [6, 6.07) is 8.42. The van der Waals surface area contributed by atoms with E-state index in [9.17, 15) is 0 Å². The van der Waals surface area contributed by atoms with Gasteiger partial charge < -0.3 is 10.5 Å². The maximum Gasteiger partial charge on any atom is 0.0588 e. The molecule has 0 aromatic heterocycles. The summed E-state index contributed by atoms with van der Waals surface area (Å²) >= 11 is 0. The average Bonchev–Trinajstić information content (AvgIpc) is 2.73. The molecule has 0 amide bonds. The molecular weight excluding hydrogens is 198 g/mol. The lowest BCUT2D eigenvalue weighted by Crippen LogP contribution is -2.51. The van der Waals surface area contributed by atoms with Gasteiger partial charge in [-0.25, -0.2) is 0 Å². The van der Waals surface area contributed by atoms with E-state index in [-0.39, 0.29) is 0 Å². The van der Waals surface area contributed by atoms with Gasteiger partial charge in [-0.1, -0.05) is 25.0 Å². The first-order valence-electron chi connectivity index (χ1n) is 6.25. The van der Waals surface area contributed by atoms with Crippen molar-refractivity contribution in [2.45, 2.75) is 31.1 Å². The third-order valence-electron chi connectivity index (χ3n) is 4.34. The van der Waals surface area contributed by atoms with E-state index in [0.29, 0.717) is 5.41 Å². The molecule has 2 nitrogen and oxygen atoms in total. The van der Waals surface area contributed by atoms with Gasteiger partial charge in [-0.05, 0) is 36.5 Å². The van der Waals surface area contributed by atoms with Gasteiger partial charge in [-0.3, -0.25) is 0 Å². The van der Waals surface area contributed by atoms with Crippen LogP contribution in [0, 0.1) is 5.92 Å². The van der Waals surface area contributed by atoms with Crippen LogP contribution in [-0.2, 0) is 10.2 Å². The van der Waals surface area contributed by atoms with Gasteiger partial charge in [0.05, 0.1) is 13.2 Å². The van der Waals surface area contributed by atoms with Gasteiger partial charge in [0.15, 0.2) is 0 Å². The Kier molecular flexibility index (Phi) is 2.40. The second kappa shape index (κ2) is 3.77. The van der Waals surface area contributed by atoms with Crippen LogP contribution in [0.2, 0.25) is 0 Å². The molecule has 1 saturated heterocycles. The molecule has 1 aliphatic heterocycles. The van der Waals surface area contributed by atoms with Crippen LogP contribution in [0.3, 0.4) is 0 Å². The highest BCUT2D eigenvalue weighted by molar-refractivity contribution is 5.42. The lowest BCUT2D eigenvalue weighted by atomic mass is 9.68. The molecule has 16 heavy (non-hydrogen) atoms. The molecule has 1 aliphatic carbocycles. The first-order chi connectivity index (χ1) is 7.81. The number of nitrogens with two attached hydrogens (primary N) is 1. The molecule has 2 heteroatoms. The van der Waals surface area contributed by atoms with Crippen LogP contribution in [-0.4, -0.2) is 13.2 Å². The summed E-state index contributed by atoms with van der Waals surface area (Å²) in [5.74, 6) is 0.824. The quantitative estimate of drug-likeness (QED) is 0.773. The normalized spacial score (nSPS) is 24.2. The Morgan fingerprint density at radius 1 is 1.06 bits per heavy atom. The third kappa shape index (κ3) is 1.44.